The Labute approximate surface area is 139 Å². The Hall–Kier alpha value is -1.35. The molecule has 0 aromatic heterocycles. The Balaban J connectivity index is 1.35. The Morgan fingerprint density at radius 3 is 2.65 bits per heavy atom. The van der Waals surface area contributed by atoms with E-state index in [2.05, 4.69) is 41.0 Å². The van der Waals surface area contributed by atoms with Gasteiger partial charge in [0.2, 0.25) is 5.91 Å². The molecule has 1 aliphatic carbocycles. The molecule has 3 atom stereocenters. The third-order valence-electron chi connectivity index (χ3n) is 6.08. The number of amides is 1. The fourth-order valence-corrected chi connectivity index (χ4v) is 4.57. The maximum Gasteiger partial charge on any atom is 0.226 e. The fraction of sp³-hybridized carbons (Fsp3) is 0.650. The van der Waals surface area contributed by atoms with Gasteiger partial charge < -0.3 is 4.90 Å². The van der Waals surface area contributed by atoms with Crippen LogP contribution in [0.15, 0.2) is 24.3 Å². The summed E-state index contributed by atoms with van der Waals surface area (Å²) in [6.07, 6.45) is 6.28. The van der Waals surface area contributed by atoms with Crippen LogP contribution in [-0.2, 0) is 4.79 Å². The van der Waals surface area contributed by atoms with Gasteiger partial charge in [-0.1, -0.05) is 30.7 Å². The van der Waals surface area contributed by atoms with E-state index in [0.717, 1.165) is 19.5 Å². The Kier molecular flexibility index (Phi) is 4.14. The van der Waals surface area contributed by atoms with Crippen LogP contribution in [0.2, 0.25) is 0 Å². The van der Waals surface area contributed by atoms with Crippen LogP contribution in [0.5, 0.6) is 0 Å². The summed E-state index contributed by atoms with van der Waals surface area (Å²) in [6.45, 7) is 6.58. The first kappa shape index (κ1) is 15.2. The maximum atomic E-state index is 12.8. The minimum Gasteiger partial charge on any atom is -0.341 e. The average molecular weight is 312 g/mol. The zero-order chi connectivity index (χ0) is 15.8. The van der Waals surface area contributed by atoms with Crippen LogP contribution in [0, 0.1) is 12.8 Å². The number of aryl methyl sites for hydroxylation is 1. The average Bonchev–Trinajstić information content (AvgIpc) is 3.22. The lowest BCUT2D eigenvalue weighted by Crippen LogP contribution is -2.42. The van der Waals surface area contributed by atoms with Crippen molar-refractivity contribution in [1.82, 2.24) is 9.80 Å². The molecule has 1 saturated carbocycles. The second-order valence-corrected chi connectivity index (χ2v) is 7.63. The SMILES string of the molecule is Cc1ccccc1[C@@H]1C[C@@H]1C(=O)N1CC[C@@H](N2CCCCC2)C1. The fourth-order valence-electron chi connectivity index (χ4n) is 4.57. The largest absolute Gasteiger partial charge is 0.341 e. The van der Waals surface area contributed by atoms with E-state index in [1.54, 1.807) is 0 Å². The highest BCUT2D eigenvalue weighted by Crippen LogP contribution is 2.49. The van der Waals surface area contributed by atoms with Crippen molar-refractivity contribution in [3.8, 4) is 0 Å². The predicted molar refractivity (Wildman–Crippen MR) is 92.4 cm³/mol. The number of likely N-dealkylation sites (tertiary alicyclic amines) is 2. The highest BCUT2D eigenvalue weighted by atomic mass is 16.2. The van der Waals surface area contributed by atoms with Crippen LogP contribution in [0.25, 0.3) is 0 Å². The van der Waals surface area contributed by atoms with Crippen molar-refractivity contribution >= 4 is 5.91 Å². The molecule has 3 heteroatoms. The molecule has 3 fully saturated rings. The lowest BCUT2D eigenvalue weighted by molar-refractivity contribution is -0.131. The monoisotopic (exact) mass is 312 g/mol. The molecule has 1 amide bonds. The minimum absolute atomic E-state index is 0.246. The summed E-state index contributed by atoms with van der Waals surface area (Å²) in [7, 11) is 0. The van der Waals surface area contributed by atoms with Crippen molar-refractivity contribution in [2.45, 2.75) is 51.0 Å². The van der Waals surface area contributed by atoms with E-state index in [-0.39, 0.29) is 5.92 Å². The molecule has 1 aromatic carbocycles. The van der Waals surface area contributed by atoms with E-state index < -0.39 is 0 Å². The van der Waals surface area contributed by atoms with Crippen molar-refractivity contribution in [3.05, 3.63) is 35.4 Å². The van der Waals surface area contributed by atoms with Crippen LogP contribution in [0.4, 0.5) is 0 Å². The summed E-state index contributed by atoms with van der Waals surface area (Å²) in [5, 5.41) is 0. The van der Waals surface area contributed by atoms with E-state index in [0.29, 0.717) is 17.9 Å². The molecule has 0 spiro atoms. The van der Waals surface area contributed by atoms with Gasteiger partial charge >= 0.3 is 0 Å². The van der Waals surface area contributed by atoms with Crippen LogP contribution >= 0.6 is 0 Å². The first-order chi connectivity index (χ1) is 11.2. The highest BCUT2D eigenvalue weighted by Gasteiger charge is 2.47. The number of nitrogens with zero attached hydrogens (tertiary/aromatic N) is 2. The van der Waals surface area contributed by atoms with Crippen molar-refractivity contribution in [1.29, 1.82) is 0 Å². The Bertz CT molecular complexity index is 579. The second kappa shape index (κ2) is 6.27. The standard InChI is InChI=1S/C20H28N2O/c1-15-7-3-4-8-17(15)18-13-19(18)20(23)22-12-9-16(14-22)21-10-5-2-6-11-21/h3-4,7-8,16,18-19H,2,5-6,9-14H2,1H3/t16-,18+,19+/m1/s1. The molecule has 2 aliphatic heterocycles. The van der Waals surface area contributed by atoms with Crippen molar-refractivity contribution in [2.24, 2.45) is 5.92 Å². The van der Waals surface area contributed by atoms with E-state index >= 15 is 0 Å². The summed E-state index contributed by atoms with van der Waals surface area (Å²) in [5.74, 6) is 1.13. The minimum atomic E-state index is 0.246. The van der Waals surface area contributed by atoms with E-state index in [1.165, 1.54) is 49.9 Å². The number of hydrogen-bond acceptors (Lipinski definition) is 2. The topological polar surface area (TPSA) is 23.6 Å². The molecular weight excluding hydrogens is 284 g/mol. The number of hydrogen-bond donors (Lipinski definition) is 0. The van der Waals surface area contributed by atoms with Crippen LogP contribution in [0.1, 0.15) is 49.1 Å². The van der Waals surface area contributed by atoms with Gasteiger partial charge in [-0.3, -0.25) is 9.69 Å². The lowest BCUT2D eigenvalue weighted by Gasteiger charge is -2.32. The van der Waals surface area contributed by atoms with E-state index in [9.17, 15) is 4.79 Å². The summed E-state index contributed by atoms with van der Waals surface area (Å²) in [6, 6.07) is 9.17. The van der Waals surface area contributed by atoms with E-state index in [4.69, 9.17) is 0 Å². The molecule has 23 heavy (non-hydrogen) atoms. The molecule has 3 nitrogen and oxygen atoms in total. The van der Waals surface area contributed by atoms with Crippen LogP contribution < -0.4 is 0 Å². The van der Waals surface area contributed by atoms with Gasteiger partial charge in [0.1, 0.15) is 0 Å². The van der Waals surface area contributed by atoms with Gasteiger partial charge in [-0.2, -0.15) is 0 Å². The maximum absolute atomic E-state index is 12.8. The molecule has 124 valence electrons. The molecule has 0 radical (unpaired) electrons. The second-order valence-electron chi connectivity index (χ2n) is 7.63. The van der Waals surface area contributed by atoms with Crippen LogP contribution in [-0.4, -0.2) is 47.9 Å². The van der Waals surface area contributed by atoms with E-state index in [1.807, 2.05) is 0 Å². The van der Waals surface area contributed by atoms with Crippen molar-refractivity contribution in [3.63, 3.8) is 0 Å². The molecule has 3 aliphatic rings. The van der Waals surface area contributed by atoms with Gasteiger partial charge in [-0.05, 0) is 62.7 Å². The number of piperidine rings is 1. The molecule has 4 rings (SSSR count). The van der Waals surface area contributed by atoms with Gasteiger partial charge in [0.15, 0.2) is 0 Å². The highest BCUT2D eigenvalue weighted by molar-refractivity contribution is 5.83. The third-order valence-corrected chi connectivity index (χ3v) is 6.08. The Morgan fingerprint density at radius 2 is 1.87 bits per heavy atom. The first-order valence-corrected chi connectivity index (χ1v) is 9.32. The smallest absolute Gasteiger partial charge is 0.226 e. The zero-order valence-corrected chi connectivity index (χ0v) is 14.2. The molecular formula is C20H28N2O. The number of carbonyl (C=O) groups excluding carboxylic acids is 1. The van der Waals surface area contributed by atoms with Gasteiger partial charge in [-0.15, -0.1) is 0 Å². The first-order valence-electron chi connectivity index (χ1n) is 9.32. The number of rotatable bonds is 3. The third kappa shape index (κ3) is 3.03. The Morgan fingerprint density at radius 1 is 1.09 bits per heavy atom. The zero-order valence-electron chi connectivity index (χ0n) is 14.2. The van der Waals surface area contributed by atoms with Gasteiger partial charge in [0.25, 0.3) is 0 Å². The normalized spacial score (nSPS) is 31.3. The van der Waals surface area contributed by atoms with Crippen LogP contribution in [0.3, 0.4) is 0 Å². The summed E-state index contributed by atoms with van der Waals surface area (Å²) < 4.78 is 0. The molecule has 0 bridgehead atoms. The summed E-state index contributed by atoms with van der Waals surface area (Å²) >= 11 is 0. The molecule has 2 heterocycles. The van der Waals surface area contributed by atoms with Gasteiger partial charge in [-0.25, -0.2) is 0 Å². The molecule has 1 aromatic rings. The van der Waals surface area contributed by atoms with Gasteiger partial charge in [0.05, 0.1) is 0 Å². The molecule has 0 unspecified atom stereocenters. The molecule has 0 N–H and O–H groups in total. The summed E-state index contributed by atoms with van der Waals surface area (Å²) in [5.41, 5.74) is 2.72. The predicted octanol–water partition coefficient (Wildman–Crippen LogP) is 3.19. The quantitative estimate of drug-likeness (QED) is 0.856. The molecule has 2 saturated heterocycles. The summed E-state index contributed by atoms with van der Waals surface area (Å²) in [4.78, 5) is 17.6. The van der Waals surface area contributed by atoms with Crippen molar-refractivity contribution < 1.29 is 4.79 Å². The van der Waals surface area contributed by atoms with Crippen molar-refractivity contribution in [2.75, 3.05) is 26.2 Å². The number of benzene rings is 1. The lowest BCUT2D eigenvalue weighted by atomic mass is 10.0. The number of carbonyl (C=O) groups is 1. The van der Waals surface area contributed by atoms with Gasteiger partial charge in [0, 0.05) is 25.0 Å².